The Kier molecular flexibility index (Phi) is 8.43. The molecule has 2 aliphatic heterocycles. The molecule has 0 bridgehead atoms. The number of hydrogen-bond donors (Lipinski definition) is 0. The molecule has 0 fully saturated rings. The van der Waals surface area contributed by atoms with E-state index in [1.54, 1.807) is 0 Å². The average Bonchev–Trinajstić information content (AvgIpc) is 3.48. The molecule has 53 heavy (non-hydrogen) atoms. The average molecular weight is 822 g/mol. The van der Waals surface area contributed by atoms with E-state index >= 15 is 35.1 Å². The fraction of sp³-hybridized carbons (Fsp3) is 0.379. The van der Waals surface area contributed by atoms with Crippen molar-refractivity contribution in [2.24, 2.45) is 0 Å². The van der Waals surface area contributed by atoms with Gasteiger partial charge in [-0.3, -0.25) is 0 Å². The zero-order valence-electron chi connectivity index (χ0n) is 25.2. The number of methoxy groups -OCH3 is 1. The summed E-state index contributed by atoms with van der Waals surface area (Å²) in [6.07, 6.45) is -30.5. The summed E-state index contributed by atoms with van der Waals surface area (Å²) in [5, 5.41) is -6.05. The molecule has 0 N–H and O–H groups in total. The van der Waals surface area contributed by atoms with Gasteiger partial charge in [-0.2, -0.15) is 0 Å². The number of alkyl halides is 20. The summed E-state index contributed by atoms with van der Waals surface area (Å²) < 4.78 is 313. The Morgan fingerprint density at radius 1 is 0.434 bits per heavy atom. The van der Waals surface area contributed by atoms with Crippen molar-refractivity contribution in [3.63, 3.8) is 0 Å². The standard InChI is InChI=1S/C29H15F20O3P/c1-50-14-10-12-15(13-11-14)53(18-8-4-2-6-16(18)20(51-53,22(30,31)26(38,39)40)23(32,33)27(41,42)43)19-9-5-3-7-17(19)21(52-53,24(34,35)28(44,45)46)25(36,37)29(47,48)49/h2-13H,1H3. The number of hydrogen-bond acceptors (Lipinski definition) is 3. The van der Waals surface area contributed by atoms with Gasteiger partial charge in [0.15, 0.2) is 0 Å². The van der Waals surface area contributed by atoms with E-state index in [4.69, 9.17) is 4.74 Å². The molecule has 3 aromatic rings. The molecule has 0 unspecified atom stereocenters. The third-order valence-corrected chi connectivity index (χ3v) is 13.8. The van der Waals surface area contributed by atoms with E-state index < -0.39 is 112 Å². The summed E-state index contributed by atoms with van der Waals surface area (Å²) in [5.74, 6) is -31.2. The molecule has 1 spiro atoms. The Balaban J connectivity index is 2.21. The minimum atomic E-state index is -8.33. The summed E-state index contributed by atoms with van der Waals surface area (Å²) in [4.78, 5) is 0. The first kappa shape index (κ1) is 40.6. The van der Waals surface area contributed by atoms with Crippen LogP contribution < -0.4 is 20.7 Å². The topological polar surface area (TPSA) is 27.7 Å². The van der Waals surface area contributed by atoms with Gasteiger partial charge in [-0.1, -0.05) is 0 Å². The summed E-state index contributed by atoms with van der Waals surface area (Å²) in [6.45, 7) is 0. The van der Waals surface area contributed by atoms with Gasteiger partial charge in [-0.15, -0.1) is 0 Å². The van der Waals surface area contributed by atoms with Crippen molar-refractivity contribution in [2.75, 3.05) is 7.11 Å². The van der Waals surface area contributed by atoms with Crippen molar-refractivity contribution in [1.82, 2.24) is 0 Å². The second kappa shape index (κ2) is 11.0. The van der Waals surface area contributed by atoms with Crippen LogP contribution in [0.15, 0.2) is 72.8 Å². The van der Waals surface area contributed by atoms with Gasteiger partial charge < -0.3 is 0 Å². The molecule has 2 aliphatic rings. The molecular weight excluding hydrogens is 807 g/mol. The molecule has 3 nitrogen and oxygen atoms in total. The van der Waals surface area contributed by atoms with Crippen LogP contribution in [0.3, 0.4) is 0 Å². The molecule has 0 atom stereocenters. The third kappa shape index (κ3) is 4.49. The fourth-order valence-corrected chi connectivity index (χ4v) is 12.5. The fourth-order valence-electron chi connectivity index (χ4n) is 6.55. The van der Waals surface area contributed by atoms with E-state index in [1.165, 1.54) is 0 Å². The normalized spacial score (nSPS) is 20.7. The van der Waals surface area contributed by atoms with Crippen LogP contribution in [0.4, 0.5) is 87.8 Å². The number of halogens is 20. The molecule has 294 valence electrons. The summed E-state index contributed by atoms with van der Waals surface area (Å²) in [6, 6.07) is 1.36. The van der Waals surface area contributed by atoms with E-state index in [0.717, 1.165) is 7.11 Å². The van der Waals surface area contributed by atoms with Crippen molar-refractivity contribution in [3.05, 3.63) is 83.9 Å². The Morgan fingerprint density at radius 3 is 0.981 bits per heavy atom. The van der Waals surface area contributed by atoms with Gasteiger partial charge >= 0.3 is 281 Å². The molecule has 24 heteroatoms. The molecule has 0 amide bonds. The SMILES string of the molecule is COc1ccc(P23(OC(C(F)(F)C(F)(F)F)(C(F)(F)C(F)(F)F)c4ccccc42)OC(C(F)(F)C(F)(F)F)(C(F)(F)C(F)(F)F)c2ccccc23)cc1. The second-order valence-corrected chi connectivity index (χ2v) is 15.3. The van der Waals surface area contributed by atoms with Crippen molar-refractivity contribution in [3.8, 4) is 5.75 Å². The van der Waals surface area contributed by atoms with Gasteiger partial charge in [-0.05, 0) is 0 Å². The number of ether oxygens (including phenoxy) is 1. The second-order valence-electron chi connectivity index (χ2n) is 11.5. The molecule has 0 aliphatic carbocycles. The van der Waals surface area contributed by atoms with Crippen LogP contribution in [0.2, 0.25) is 0 Å². The van der Waals surface area contributed by atoms with Gasteiger partial charge in [0.1, 0.15) is 0 Å². The Labute approximate surface area is 281 Å². The predicted octanol–water partition coefficient (Wildman–Crippen LogP) is 9.60. The van der Waals surface area contributed by atoms with E-state index in [2.05, 4.69) is 9.05 Å². The first-order valence-corrected chi connectivity index (χ1v) is 15.9. The zero-order valence-corrected chi connectivity index (χ0v) is 26.1. The maximum atomic E-state index is 15.9. The van der Waals surface area contributed by atoms with Gasteiger partial charge in [0, 0.05) is 0 Å². The Morgan fingerprint density at radius 2 is 0.717 bits per heavy atom. The van der Waals surface area contributed by atoms with Crippen molar-refractivity contribution >= 4 is 23.0 Å². The molecule has 3 aromatic carbocycles. The molecule has 0 saturated heterocycles. The van der Waals surface area contributed by atoms with E-state index in [9.17, 15) is 52.7 Å². The molecule has 0 saturated carbocycles. The van der Waals surface area contributed by atoms with Gasteiger partial charge in [-0.25, -0.2) is 0 Å². The van der Waals surface area contributed by atoms with Crippen LogP contribution in [-0.2, 0) is 20.2 Å². The van der Waals surface area contributed by atoms with Crippen LogP contribution in [0.1, 0.15) is 11.1 Å². The van der Waals surface area contributed by atoms with E-state index in [0.29, 0.717) is 24.3 Å². The Bertz CT molecular complexity index is 1740. The molecular formula is C29H15F20O3P. The Hall–Kier alpha value is -3.59. The first-order valence-electron chi connectivity index (χ1n) is 13.8. The van der Waals surface area contributed by atoms with Crippen LogP contribution in [-0.4, -0.2) is 55.5 Å². The third-order valence-electron chi connectivity index (χ3n) is 8.80. The number of rotatable bonds is 6. The molecule has 2 heterocycles. The predicted molar refractivity (Wildman–Crippen MR) is 141 cm³/mol. The van der Waals surface area contributed by atoms with Gasteiger partial charge in [0.2, 0.25) is 0 Å². The zero-order chi connectivity index (χ0) is 40.5. The first-order chi connectivity index (χ1) is 23.7. The monoisotopic (exact) mass is 822 g/mol. The van der Waals surface area contributed by atoms with Crippen LogP contribution >= 0.6 is 7.06 Å². The van der Waals surface area contributed by atoms with Crippen molar-refractivity contribution in [2.45, 2.75) is 59.6 Å². The molecule has 0 radical (unpaired) electrons. The van der Waals surface area contributed by atoms with Gasteiger partial charge in [0.05, 0.1) is 0 Å². The summed E-state index contributed by atoms with van der Waals surface area (Å²) >= 11 is 0. The number of fused-ring (bicyclic) bond motifs is 4. The van der Waals surface area contributed by atoms with Crippen LogP contribution in [0.25, 0.3) is 0 Å². The maximum absolute atomic E-state index is 15.9. The number of benzene rings is 3. The van der Waals surface area contributed by atoms with E-state index in [-0.39, 0.29) is 36.4 Å². The summed E-state index contributed by atoms with van der Waals surface area (Å²) in [5.41, 5.74) is -19.0. The molecule has 0 aromatic heterocycles. The summed E-state index contributed by atoms with van der Waals surface area (Å²) in [7, 11) is -7.49. The quantitative estimate of drug-likeness (QED) is 0.183. The van der Waals surface area contributed by atoms with Crippen LogP contribution in [0, 0.1) is 0 Å². The molecule has 5 rings (SSSR count). The van der Waals surface area contributed by atoms with Crippen LogP contribution in [0.5, 0.6) is 5.75 Å². The minimum absolute atomic E-state index is 0.0810. The van der Waals surface area contributed by atoms with Crippen molar-refractivity contribution in [1.29, 1.82) is 0 Å². The van der Waals surface area contributed by atoms with Crippen molar-refractivity contribution < 1.29 is 102 Å². The van der Waals surface area contributed by atoms with E-state index in [1.807, 2.05) is 0 Å². The van der Waals surface area contributed by atoms with Gasteiger partial charge in [0.25, 0.3) is 0 Å².